The number of benzene rings is 2. The lowest BCUT2D eigenvalue weighted by Gasteiger charge is -2.46. The molecule has 316 valence electrons. The summed E-state index contributed by atoms with van der Waals surface area (Å²) in [6.07, 6.45) is 4.03. The van der Waals surface area contributed by atoms with E-state index in [-0.39, 0.29) is 12.2 Å². The molecule has 3 saturated heterocycles. The van der Waals surface area contributed by atoms with Crippen LogP contribution in [0.25, 0.3) is 5.52 Å². The van der Waals surface area contributed by atoms with E-state index in [9.17, 15) is 5.26 Å². The second kappa shape index (κ2) is 19.3. The Balaban J connectivity index is 0.000000205. The standard InChI is InChI=1S/C32H37N7O.C18H23N3/c1-23-15-28(16-24(2)35-23)36-13-14-37(29(20-36)17-26-7-5-4-6-8-26)21-30-22-38(19-25(3)40-30)31-10-9-27(18-33)39-32(31)11-12-34-39;1-14-10-18(11-15(2)20-14)21-9-8-19-17(13-21)12-16-6-4-3-5-7-16/h4-12,15-16,25,29-30H,13-14,17,19-22H2,1-3H3;3-7,10-11,17,19H,8-9,12-13H2,1-2H3/t25-,29?,30+;/m1./s1. The Morgan fingerprint density at radius 2 is 1.31 bits per heavy atom. The zero-order valence-electron chi connectivity index (χ0n) is 36.4. The summed E-state index contributed by atoms with van der Waals surface area (Å²) in [4.78, 5) is 19.1. The second-order valence-electron chi connectivity index (χ2n) is 17.1. The van der Waals surface area contributed by atoms with Gasteiger partial charge in [0.15, 0.2) is 0 Å². The lowest BCUT2D eigenvalue weighted by atomic mass is 10.0. The molecule has 7 heterocycles. The van der Waals surface area contributed by atoms with Crippen molar-refractivity contribution < 1.29 is 4.74 Å². The first-order valence-electron chi connectivity index (χ1n) is 21.9. The topological polar surface area (TPSA) is 101 Å². The predicted octanol–water partition coefficient (Wildman–Crippen LogP) is 6.96. The minimum atomic E-state index is 0.0811. The molecule has 4 atom stereocenters. The summed E-state index contributed by atoms with van der Waals surface area (Å²) in [5.74, 6) is 0. The summed E-state index contributed by atoms with van der Waals surface area (Å²) in [5, 5.41) is 17.5. The first kappa shape index (κ1) is 41.9. The Bertz CT molecular complexity index is 2370. The van der Waals surface area contributed by atoms with Crippen LogP contribution in [0.3, 0.4) is 0 Å². The van der Waals surface area contributed by atoms with E-state index in [1.54, 1.807) is 10.7 Å². The number of ether oxygens (including phenoxy) is 1. The number of hydrogen-bond donors (Lipinski definition) is 1. The molecule has 4 aromatic heterocycles. The van der Waals surface area contributed by atoms with E-state index in [2.05, 4.69) is 172 Å². The van der Waals surface area contributed by atoms with Gasteiger partial charge in [0.2, 0.25) is 0 Å². The van der Waals surface area contributed by atoms with Gasteiger partial charge in [-0.3, -0.25) is 14.9 Å². The monoisotopic (exact) mass is 816 g/mol. The van der Waals surface area contributed by atoms with Gasteiger partial charge >= 0.3 is 0 Å². The fourth-order valence-corrected chi connectivity index (χ4v) is 9.49. The van der Waals surface area contributed by atoms with Crippen LogP contribution in [0.1, 0.15) is 46.5 Å². The number of hydrogen-bond acceptors (Lipinski definition) is 10. The van der Waals surface area contributed by atoms with E-state index in [1.165, 1.54) is 22.5 Å². The molecule has 3 fully saturated rings. The fraction of sp³-hybridized carbons (Fsp3) is 0.400. The first-order chi connectivity index (χ1) is 29.7. The van der Waals surface area contributed by atoms with Crippen LogP contribution < -0.4 is 20.0 Å². The normalized spacial score (nSPS) is 20.9. The number of anilines is 3. The van der Waals surface area contributed by atoms with Gasteiger partial charge in [0.1, 0.15) is 11.8 Å². The van der Waals surface area contributed by atoms with Crippen LogP contribution in [0.4, 0.5) is 17.1 Å². The van der Waals surface area contributed by atoms with Crippen molar-refractivity contribution in [2.24, 2.45) is 0 Å². The Morgan fingerprint density at radius 1 is 0.689 bits per heavy atom. The van der Waals surface area contributed by atoms with Crippen LogP contribution >= 0.6 is 0 Å². The Hall–Kier alpha value is -5.80. The third-order valence-electron chi connectivity index (χ3n) is 12.1. The highest BCUT2D eigenvalue weighted by molar-refractivity contribution is 5.74. The molecule has 11 nitrogen and oxygen atoms in total. The SMILES string of the molecule is Cc1cc(N2CCN(C[C@H]3CN(c4ccc(C#N)n5nccc45)C[C@@H](C)O3)C(Cc3ccccc3)C2)cc(C)n1.Cc1cc(N2CCNC(Cc3ccccc3)C2)cc(C)n1. The number of aryl methyl sites for hydroxylation is 4. The van der Waals surface area contributed by atoms with Crippen molar-refractivity contribution in [3.05, 3.63) is 149 Å². The van der Waals surface area contributed by atoms with Crippen LogP contribution in [-0.4, -0.2) is 108 Å². The van der Waals surface area contributed by atoms with Gasteiger partial charge in [0.25, 0.3) is 0 Å². The summed E-state index contributed by atoms with van der Waals surface area (Å²) in [6, 6.07) is 39.4. The summed E-state index contributed by atoms with van der Waals surface area (Å²) in [5.41, 5.74) is 12.3. The summed E-state index contributed by atoms with van der Waals surface area (Å²) >= 11 is 0. The van der Waals surface area contributed by atoms with Crippen molar-refractivity contribution in [3.8, 4) is 6.07 Å². The number of fused-ring (bicyclic) bond motifs is 1. The number of nitrogens with one attached hydrogen (secondary N) is 1. The van der Waals surface area contributed by atoms with Crippen molar-refractivity contribution in [2.45, 2.75) is 71.8 Å². The molecular formula is C50H60N10O. The third-order valence-corrected chi connectivity index (χ3v) is 12.1. The van der Waals surface area contributed by atoms with Crippen molar-refractivity contribution >= 4 is 22.6 Å². The summed E-state index contributed by atoms with van der Waals surface area (Å²) < 4.78 is 8.28. The lowest BCUT2D eigenvalue weighted by Crippen LogP contribution is -2.58. The molecule has 1 N–H and O–H groups in total. The lowest BCUT2D eigenvalue weighted by molar-refractivity contribution is -0.0393. The second-order valence-corrected chi connectivity index (χ2v) is 17.1. The smallest absolute Gasteiger partial charge is 0.142 e. The van der Waals surface area contributed by atoms with Crippen molar-refractivity contribution in [1.82, 2.24) is 29.8 Å². The molecule has 0 amide bonds. The number of aromatic nitrogens is 4. The molecule has 0 saturated carbocycles. The Kier molecular flexibility index (Phi) is 13.2. The average molecular weight is 817 g/mol. The van der Waals surface area contributed by atoms with Gasteiger partial charge in [0.05, 0.1) is 29.6 Å². The van der Waals surface area contributed by atoms with Crippen molar-refractivity contribution in [3.63, 3.8) is 0 Å². The van der Waals surface area contributed by atoms with Crippen molar-refractivity contribution in [2.75, 3.05) is 73.6 Å². The van der Waals surface area contributed by atoms with Crippen molar-refractivity contribution in [1.29, 1.82) is 5.26 Å². The van der Waals surface area contributed by atoms with Crippen LogP contribution in [0.5, 0.6) is 0 Å². The van der Waals surface area contributed by atoms with Gasteiger partial charge < -0.3 is 24.8 Å². The molecule has 61 heavy (non-hydrogen) atoms. The van der Waals surface area contributed by atoms with Gasteiger partial charge in [-0.25, -0.2) is 4.52 Å². The molecule has 2 aromatic carbocycles. The van der Waals surface area contributed by atoms with Crippen LogP contribution in [-0.2, 0) is 17.6 Å². The number of nitrogens with zero attached hydrogens (tertiary/aromatic N) is 9. The molecule has 0 spiro atoms. The molecular weight excluding hydrogens is 757 g/mol. The maximum absolute atomic E-state index is 9.51. The predicted molar refractivity (Wildman–Crippen MR) is 246 cm³/mol. The highest BCUT2D eigenvalue weighted by Crippen LogP contribution is 2.29. The number of rotatable bonds is 9. The van der Waals surface area contributed by atoms with E-state index < -0.39 is 0 Å². The molecule has 9 rings (SSSR count). The van der Waals surface area contributed by atoms with Crippen LogP contribution in [0.2, 0.25) is 0 Å². The van der Waals surface area contributed by atoms with Gasteiger partial charge in [0, 0.05) is 105 Å². The number of piperazine rings is 2. The largest absolute Gasteiger partial charge is 0.370 e. The van der Waals surface area contributed by atoms with Gasteiger partial charge in [-0.2, -0.15) is 10.4 Å². The van der Waals surface area contributed by atoms with E-state index in [0.717, 1.165) is 106 Å². The highest BCUT2D eigenvalue weighted by atomic mass is 16.5. The van der Waals surface area contributed by atoms with Gasteiger partial charge in [-0.15, -0.1) is 0 Å². The van der Waals surface area contributed by atoms with E-state index in [0.29, 0.717) is 17.8 Å². The minimum absolute atomic E-state index is 0.0811. The highest BCUT2D eigenvalue weighted by Gasteiger charge is 2.33. The van der Waals surface area contributed by atoms with Gasteiger partial charge in [-0.05, 0) is 101 Å². The molecule has 0 bridgehead atoms. The Labute approximate surface area is 361 Å². The number of morpholine rings is 1. The molecule has 0 radical (unpaired) electrons. The van der Waals surface area contributed by atoms with Crippen LogP contribution in [0, 0.1) is 39.0 Å². The van der Waals surface area contributed by atoms with Crippen LogP contribution in [0.15, 0.2) is 109 Å². The Morgan fingerprint density at radius 3 is 1.95 bits per heavy atom. The molecule has 2 unspecified atom stereocenters. The quantitative estimate of drug-likeness (QED) is 0.165. The summed E-state index contributed by atoms with van der Waals surface area (Å²) in [6.45, 7) is 19.0. The van der Waals surface area contributed by atoms with E-state index in [4.69, 9.17) is 4.74 Å². The number of nitriles is 1. The maximum Gasteiger partial charge on any atom is 0.142 e. The minimum Gasteiger partial charge on any atom is -0.370 e. The zero-order chi connectivity index (χ0) is 42.3. The summed E-state index contributed by atoms with van der Waals surface area (Å²) in [7, 11) is 0. The van der Waals surface area contributed by atoms with Gasteiger partial charge in [-0.1, -0.05) is 60.7 Å². The molecule has 6 aromatic rings. The average Bonchev–Trinajstić information content (AvgIpc) is 3.75. The fourth-order valence-electron chi connectivity index (χ4n) is 9.49. The van der Waals surface area contributed by atoms with E-state index in [1.807, 2.05) is 12.1 Å². The maximum atomic E-state index is 9.51. The number of pyridine rings is 3. The molecule has 11 heteroatoms. The van der Waals surface area contributed by atoms with E-state index >= 15 is 0 Å². The molecule has 3 aliphatic rings. The third kappa shape index (κ3) is 10.6. The molecule has 0 aliphatic carbocycles. The first-order valence-corrected chi connectivity index (χ1v) is 21.9. The zero-order valence-corrected chi connectivity index (χ0v) is 36.4. The molecule has 3 aliphatic heterocycles.